The van der Waals surface area contributed by atoms with Crippen LogP contribution in [-0.2, 0) is 18.9 Å². The van der Waals surface area contributed by atoms with Crippen molar-refractivity contribution in [3.05, 3.63) is 0 Å². The first kappa shape index (κ1) is 50.7. The topological polar surface area (TPSA) is 80.6 Å². The summed E-state index contributed by atoms with van der Waals surface area (Å²) < 4.78 is 24.8. The molecule has 0 fully saturated rings. The van der Waals surface area contributed by atoms with Crippen LogP contribution in [0.4, 0.5) is 0 Å². The lowest BCUT2D eigenvalue weighted by atomic mass is 10.1. The molecule has 0 aromatic carbocycles. The molecule has 0 bridgehead atoms. The van der Waals surface area contributed by atoms with Crippen molar-refractivity contribution in [3.63, 3.8) is 0 Å². The Bertz CT molecular complexity index is 623. The van der Waals surface area contributed by atoms with Crippen LogP contribution in [0, 0.1) is 0 Å². The van der Waals surface area contributed by atoms with Crippen LogP contribution < -0.4 is 0 Å². The van der Waals surface area contributed by atoms with Crippen molar-refractivity contribution in [2.24, 2.45) is 0 Å². The Hall–Kier alpha value is -0.280. The van der Waals surface area contributed by atoms with E-state index in [1.807, 2.05) is 0 Å². The molecule has 0 aromatic rings. The standard InChI is InChI=1S/C44H91NO6/c1-5-9-13-17-20-21-22-26-32-40-51-44(50-39-31-23-16-12-8-4)42(47)41-45(35-36-46)34-28-27-33-43(48-37-29-24-18-14-10-6-2)49-38-30-25-19-15-11-7-3/h42-44,46-47H,5-41H2,1-4H3/t42-,44?/m0/s1. The molecule has 0 heterocycles. The van der Waals surface area contributed by atoms with Crippen LogP contribution in [-0.4, -0.2) is 86.5 Å². The predicted molar refractivity (Wildman–Crippen MR) is 218 cm³/mol. The van der Waals surface area contributed by atoms with E-state index in [-0.39, 0.29) is 12.9 Å². The quantitative estimate of drug-likeness (QED) is 0.0477. The monoisotopic (exact) mass is 730 g/mol. The van der Waals surface area contributed by atoms with Gasteiger partial charge in [-0.05, 0) is 51.5 Å². The van der Waals surface area contributed by atoms with Crippen LogP contribution in [0.2, 0.25) is 0 Å². The zero-order valence-electron chi connectivity index (χ0n) is 34.9. The maximum Gasteiger partial charge on any atom is 0.184 e. The van der Waals surface area contributed by atoms with Crippen molar-refractivity contribution in [1.82, 2.24) is 4.90 Å². The molecule has 7 nitrogen and oxygen atoms in total. The van der Waals surface area contributed by atoms with Gasteiger partial charge in [-0.1, -0.05) is 169 Å². The summed E-state index contributed by atoms with van der Waals surface area (Å²) >= 11 is 0. The van der Waals surface area contributed by atoms with E-state index in [1.165, 1.54) is 128 Å². The van der Waals surface area contributed by atoms with Crippen LogP contribution in [0.3, 0.4) is 0 Å². The van der Waals surface area contributed by atoms with Crippen molar-refractivity contribution in [2.75, 3.05) is 52.7 Å². The second-order valence-corrected chi connectivity index (χ2v) is 15.1. The first-order chi connectivity index (χ1) is 25.1. The highest BCUT2D eigenvalue weighted by Gasteiger charge is 2.23. The summed E-state index contributed by atoms with van der Waals surface area (Å²) in [7, 11) is 0. The highest BCUT2D eigenvalue weighted by molar-refractivity contribution is 4.69. The third-order valence-corrected chi connectivity index (χ3v) is 10.0. The maximum absolute atomic E-state index is 11.3. The Kier molecular flexibility index (Phi) is 42.2. The van der Waals surface area contributed by atoms with E-state index in [4.69, 9.17) is 18.9 Å². The number of aliphatic hydroxyl groups excluding tert-OH is 2. The largest absolute Gasteiger partial charge is 0.395 e. The van der Waals surface area contributed by atoms with Crippen molar-refractivity contribution in [3.8, 4) is 0 Å². The van der Waals surface area contributed by atoms with Crippen molar-refractivity contribution in [2.45, 2.75) is 233 Å². The van der Waals surface area contributed by atoms with Gasteiger partial charge in [0.2, 0.25) is 0 Å². The van der Waals surface area contributed by atoms with Crippen LogP contribution >= 0.6 is 0 Å². The van der Waals surface area contributed by atoms with E-state index >= 15 is 0 Å². The number of ether oxygens (including phenoxy) is 4. The van der Waals surface area contributed by atoms with E-state index < -0.39 is 12.4 Å². The molecule has 2 N–H and O–H groups in total. The average molecular weight is 730 g/mol. The number of rotatable bonds is 44. The van der Waals surface area contributed by atoms with Gasteiger partial charge in [-0.25, -0.2) is 0 Å². The molecule has 0 aliphatic carbocycles. The lowest BCUT2D eigenvalue weighted by Gasteiger charge is -2.29. The Balaban J connectivity index is 4.79. The molecule has 0 amide bonds. The summed E-state index contributed by atoms with van der Waals surface area (Å²) in [4.78, 5) is 2.16. The van der Waals surface area contributed by atoms with Gasteiger partial charge < -0.3 is 29.2 Å². The van der Waals surface area contributed by atoms with E-state index in [1.54, 1.807) is 0 Å². The zero-order chi connectivity index (χ0) is 37.3. The van der Waals surface area contributed by atoms with Gasteiger partial charge in [0.25, 0.3) is 0 Å². The lowest BCUT2D eigenvalue weighted by molar-refractivity contribution is -0.198. The van der Waals surface area contributed by atoms with Crippen LogP contribution in [0.5, 0.6) is 0 Å². The number of nitrogens with zero attached hydrogens (tertiary/aromatic N) is 1. The second kappa shape index (κ2) is 42.5. The molecule has 0 radical (unpaired) electrons. The Morgan fingerprint density at radius 2 is 0.765 bits per heavy atom. The Morgan fingerprint density at radius 1 is 0.412 bits per heavy atom. The Morgan fingerprint density at radius 3 is 1.14 bits per heavy atom. The van der Waals surface area contributed by atoms with Gasteiger partial charge in [-0.15, -0.1) is 0 Å². The normalized spacial score (nSPS) is 13.2. The molecule has 308 valence electrons. The summed E-state index contributed by atoms with van der Waals surface area (Å²) in [5, 5.41) is 21.1. The smallest absolute Gasteiger partial charge is 0.184 e. The molecular formula is C44H91NO6. The zero-order valence-corrected chi connectivity index (χ0v) is 34.9. The molecular weight excluding hydrogens is 638 g/mol. The molecule has 0 aliphatic rings. The number of hydrogen-bond acceptors (Lipinski definition) is 7. The van der Waals surface area contributed by atoms with Crippen LogP contribution in [0.1, 0.15) is 214 Å². The highest BCUT2D eigenvalue weighted by Crippen LogP contribution is 2.15. The summed E-state index contributed by atoms with van der Waals surface area (Å²) in [6.07, 6.45) is 33.7. The molecule has 0 aliphatic heterocycles. The number of aliphatic hydroxyl groups is 2. The predicted octanol–water partition coefficient (Wildman–Crippen LogP) is 11.8. The molecule has 0 aromatic heterocycles. The van der Waals surface area contributed by atoms with E-state index in [9.17, 15) is 10.2 Å². The molecule has 0 saturated heterocycles. The molecule has 2 atom stereocenters. The van der Waals surface area contributed by atoms with E-state index in [0.29, 0.717) is 26.3 Å². The van der Waals surface area contributed by atoms with Gasteiger partial charge in [0.05, 0.1) is 6.61 Å². The van der Waals surface area contributed by atoms with Gasteiger partial charge in [0.1, 0.15) is 6.10 Å². The third kappa shape index (κ3) is 36.5. The van der Waals surface area contributed by atoms with Gasteiger partial charge in [-0.3, -0.25) is 4.90 Å². The summed E-state index contributed by atoms with van der Waals surface area (Å²) in [5.74, 6) is 0. The minimum Gasteiger partial charge on any atom is -0.395 e. The summed E-state index contributed by atoms with van der Waals surface area (Å²) in [6, 6.07) is 0. The average Bonchev–Trinajstić information content (AvgIpc) is 3.13. The summed E-state index contributed by atoms with van der Waals surface area (Å²) in [6.45, 7) is 13.6. The van der Waals surface area contributed by atoms with Gasteiger partial charge in [0, 0.05) is 39.5 Å². The fourth-order valence-corrected chi connectivity index (χ4v) is 6.63. The van der Waals surface area contributed by atoms with Crippen molar-refractivity contribution in [1.29, 1.82) is 0 Å². The third-order valence-electron chi connectivity index (χ3n) is 10.0. The van der Waals surface area contributed by atoms with Gasteiger partial charge in [-0.2, -0.15) is 0 Å². The fraction of sp³-hybridized carbons (Fsp3) is 1.00. The molecule has 0 rings (SSSR count). The first-order valence-electron chi connectivity index (χ1n) is 22.6. The fourth-order valence-electron chi connectivity index (χ4n) is 6.63. The van der Waals surface area contributed by atoms with Gasteiger partial charge in [0.15, 0.2) is 12.6 Å². The molecule has 7 heteroatoms. The number of unbranched alkanes of at least 4 members (excludes halogenated alkanes) is 23. The molecule has 51 heavy (non-hydrogen) atoms. The SMILES string of the molecule is CCCCCCCCCCCOC(OCCCCCCC)[C@@H](O)CN(CCO)CCCCC(OCCCCCCCC)OCCCCCCCC. The van der Waals surface area contributed by atoms with Gasteiger partial charge >= 0.3 is 0 Å². The lowest BCUT2D eigenvalue weighted by Crippen LogP contribution is -2.43. The molecule has 0 saturated carbocycles. The van der Waals surface area contributed by atoms with E-state index in [0.717, 1.165) is 77.5 Å². The molecule has 0 spiro atoms. The second-order valence-electron chi connectivity index (χ2n) is 15.1. The van der Waals surface area contributed by atoms with Crippen LogP contribution in [0.15, 0.2) is 0 Å². The highest BCUT2D eigenvalue weighted by atomic mass is 16.7. The maximum atomic E-state index is 11.3. The van der Waals surface area contributed by atoms with E-state index in [2.05, 4.69) is 32.6 Å². The summed E-state index contributed by atoms with van der Waals surface area (Å²) in [5.41, 5.74) is 0. The molecule has 1 unspecified atom stereocenters. The first-order valence-corrected chi connectivity index (χ1v) is 22.6. The number of hydrogen-bond donors (Lipinski definition) is 2. The van der Waals surface area contributed by atoms with Crippen molar-refractivity contribution < 1.29 is 29.2 Å². The minimum absolute atomic E-state index is 0.0698. The minimum atomic E-state index is -0.750. The van der Waals surface area contributed by atoms with Crippen molar-refractivity contribution >= 4 is 0 Å². The Labute approximate surface area is 318 Å². The van der Waals surface area contributed by atoms with Crippen LogP contribution in [0.25, 0.3) is 0 Å².